The van der Waals surface area contributed by atoms with Gasteiger partial charge < -0.3 is 4.90 Å². The summed E-state index contributed by atoms with van der Waals surface area (Å²) in [5.41, 5.74) is 1.99. The van der Waals surface area contributed by atoms with Gasteiger partial charge in [-0.05, 0) is 48.0 Å². The summed E-state index contributed by atoms with van der Waals surface area (Å²) in [5.74, 6) is -1.36. The Morgan fingerprint density at radius 3 is 2.15 bits per heavy atom. The first-order valence-corrected chi connectivity index (χ1v) is 8.60. The molecule has 0 aromatic heterocycles. The molecule has 0 saturated carbocycles. The number of barbiturate groups is 1. The average molecular weight is 414 g/mol. The molecule has 6 nitrogen and oxygen atoms in total. The molecular weight excluding hydrogens is 398 g/mol. The number of anilines is 2. The Bertz CT molecular complexity index is 903. The number of carbonyl (C=O) groups excluding carboxylic acids is 3. The molecule has 0 bridgehead atoms. The molecule has 1 aliphatic heterocycles. The molecule has 2 aromatic carbocycles. The van der Waals surface area contributed by atoms with Crippen molar-refractivity contribution in [1.29, 1.82) is 0 Å². The molecule has 3 rings (SSSR count). The average Bonchev–Trinajstić information content (AvgIpc) is 2.60. The second-order valence-corrected chi connectivity index (χ2v) is 6.84. The molecule has 0 atom stereocenters. The second-order valence-electron chi connectivity index (χ2n) is 5.92. The molecule has 1 N–H and O–H groups in total. The lowest BCUT2D eigenvalue weighted by Gasteiger charge is -2.26. The lowest BCUT2D eigenvalue weighted by atomic mass is 10.1. The fraction of sp³-hybridized carbons (Fsp3) is 0.105. The molecule has 7 heteroatoms. The van der Waals surface area contributed by atoms with Crippen molar-refractivity contribution < 1.29 is 14.4 Å². The van der Waals surface area contributed by atoms with E-state index < -0.39 is 17.8 Å². The highest BCUT2D eigenvalue weighted by Crippen LogP contribution is 2.24. The molecule has 4 amide bonds. The normalized spacial score (nSPS) is 16.0. The Hall–Kier alpha value is -2.93. The quantitative estimate of drug-likeness (QED) is 0.619. The van der Waals surface area contributed by atoms with Gasteiger partial charge in [0.05, 0.1) is 5.69 Å². The Kier molecular flexibility index (Phi) is 4.90. The lowest BCUT2D eigenvalue weighted by Crippen LogP contribution is -2.54. The van der Waals surface area contributed by atoms with Crippen LogP contribution in [0.4, 0.5) is 16.2 Å². The third-order valence-corrected chi connectivity index (χ3v) is 4.44. The summed E-state index contributed by atoms with van der Waals surface area (Å²) in [7, 11) is 3.85. The highest BCUT2D eigenvalue weighted by Gasteiger charge is 2.36. The van der Waals surface area contributed by atoms with E-state index in [4.69, 9.17) is 0 Å². The fourth-order valence-corrected chi connectivity index (χ4v) is 2.78. The van der Waals surface area contributed by atoms with Crippen LogP contribution in [0.15, 0.2) is 58.6 Å². The molecule has 0 aliphatic carbocycles. The van der Waals surface area contributed by atoms with E-state index in [1.807, 2.05) is 43.3 Å². The highest BCUT2D eigenvalue weighted by atomic mass is 79.9. The Balaban J connectivity index is 1.95. The molecule has 132 valence electrons. The summed E-state index contributed by atoms with van der Waals surface area (Å²) in [6.07, 6.45) is 1.48. The predicted molar refractivity (Wildman–Crippen MR) is 104 cm³/mol. The highest BCUT2D eigenvalue weighted by molar-refractivity contribution is 9.10. The fourth-order valence-electron chi connectivity index (χ4n) is 2.52. The van der Waals surface area contributed by atoms with Gasteiger partial charge in [-0.15, -0.1) is 0 Å². The monoisotopic (exact) mass is 413 g/mol. The Labute approximate surface area is 159 Å². The van der Waals surface area contributed by atoms with E-state index >= 15 is 0 Å². The van der Waals surface area contributed by atoms with E-state index in [2.05, 4.69) is 21.2 Å². The number of hydrogen-bond donors (Lipinski definition) is 1. The van der Waals surface area contributed by atoms with Gasteiger partial charge in [0.2, 0.25) is 0 Å². The van der Waals surface area contributed by atoms with Crippen LogP contribution >= 0.6 is 15.9 Å². The molecule has 0 spiro atoms. The molecule has 1 aliphatic rings. The van der Waals surface area contributed by atoms with Gasteiger partial charge in [0.1, 0.15) is 5.57 Å². The third kappa shape index (κ3) is 3.52. The smallest absolute Gasteiger partial charge is 0.335 e. The minimum atomic E-state index is -0.762. The van der Waals surface area contributed by atoms with Crippen molar-refractivity contribution in [1.82, 2.24) is 5.32 Å². The van der Waals surface area contributed by atoms with E-state index in [0.29, 0.717) is 11.3 Å². The van der Waals surface area contributed by atoms with Crippen molar-refractivity contribution in [2.24, 2.45) is 0 Å². The molecule has 26 heavy (non-hydrogen) atoms. The Morgan fingerprint density at radius 1 is 0.962 bits per heavy atom. The standard InChI is InChI=1S/C19H16BrN3O3/c1-22(2)14-7-3-12(4-8-14)11-16-17(24)21-19(26)23(18(16)25)15-9-5-13(20)6-10-15/h3-11H,1-2H3,(H,21,24,26). The van der Waals surface area contributed by atoms with Crippen LogP contribution in [0, 0.1) is 0 Å². The van der Waals surface area contributed by atoms with E-state index in [1.165, 1.54) is 6.08 Å². The first kappa shape index (κ1) is 17.9. The van der Waals surface area contributed by atoms with Crippen molar-refractivity contribution in [2.75, 3.05) is 23.9 Å². The largest absolute Gasteiger partial charge is 0.378 e. The molecule has 0 unspecified atom stereocenters. The van der Waals surface area contributed by atoms with Crippen LogP contribution in [-0.2, 0) is 9.59 Å². The summed E-state index contributed by atoms with van der Waals surface area (Å²) < 4.78 is 0.818. The minimum absolute atomic E-state index is 0.0925. The minimum Gasteiger partial charge on any atom is -0.378 e. The molecule has 1 heterocycles. The van der Waals surface area contributed by atoms with E-state index in [-0.39, 0.29) is 5.57 Å². The third-order valence-electron chi connectivity index (χ3n) is 3.91. The summed E-state index contributed by atoms with van der Waals surface area (Å²) in [5, 5.41) is 2.21. The van der Waals surface area contributed by atoms with E-state index in [9.17, 15) is 14.4 Å². The van der Waals surface area contributed by atoms with Crippen LogP contribution in [0.5, 0.6) is 0 Å². The van der Waals surface area contributed by atoms with Crippen molar-refractivity contribution in [3.63, 3.8) is 0 Å². The van der Waals surface area contributed by atoms with Gasteiger partial charge in [-0.25, -0.2) is 9.69 Å². The van der Waals surface area contributed by atoms with Crippen molar-refractivity contribution in [2.45, 2.75) is 0 Å². The number of hydrogen-bond acceptors (Lipinski definition) is 4. The lowest BCUT2D eigenvalue weighted by molar-refractivity contribution is -0.122. The molecule has 0 radical (unpaired) electrons. The number of carbonyl (C=O) groups is 3. The van der Waals surface area contributed by atoms with Crippen LogP contribution in [0.25, 0.3) is 6.08 Å². The van der Waals surface area contributed by atoms with E-state index in [1.54, 1.807) is 24.3 Å². The number of nitrogens with one attached hydrogen (secondary N) is 1. The topological polar surface area (TPSA) is 69.7 Å². The zero-order valence-electron chi connectivity index (χ0n) is 14.2. The van der Waals surface area contributed by atoms with Gasteiger partial charge in [0.25, 0.3) is 11.8 Å². The maximum atomic E-state index is 12.8. The van der Waals surface area contributed by atoms with Gasteiger partial charge >= 0.3 is 6.03 Å². The number of rotatable bonds is 3. The van der Waals surface area contributed by atoms with Crippen molar-refractivity contribution in [3.05, 3.63) is 64.1 Å². The number of halogens is 1. The second kappa shape index (κ2) is 7.13. The van der Waals surface area contributed by atoms with Crippen LogP contribution in [0.1, 0.15) is 5.56 Å². The van der Waals surface area contributed by atoms with Crippen LogP contribution in [0.2, 0.25) is 0 Å². The van der Waals surface area contributed by atoms with Crippen LogP contribution < -0.4 is 15.1 Å². The summed E-state index contributed by atoms with van der Waals surface area (Å²) in [6.45, 7) is 0. The Morgan fingerprint density at radius 2 is 1.58 bits per heavy atom. The number of nitrogens with zero attached hydrogens (tertiary/aromatic N) is 2. The van der Waals surface area contributed by atoms with Crippen LogP contribution in [-0.4, -0.2) is 31.9 Å². The van der Waals surface area contributed by atoms with Gasteiger partial charge in [-0.2, -0.15) is 0 Å². The number of urea groups is 1. The van der Waals surface area contributed by atoms with Gasteiger partial charge in [0.15, 0.2) is 0 Å². The number of amides is 4. The number of benzene rings is 2. The van der Waals surface area contributed by atoms with Crippen molar-refractivity contribution in [3.8, 4) is 0 Å². The van der Waals surface area contributed by atoms with E-state index in [0.717, 1.165) is 15.1 Å². The SMILES string of the molecule is CN(C)c1ccc(C=C2C(=O)NC(=O)N(c3ccc(Br)cc3)C2=O)cc1. The number of imide groups is 2. The van der Waals surface area contributed by atoms with Gasteiger partial charge in [-0.3, -0.25) is 14.9 Å². The first-order chi connectivity index (χ1) is 12.4. The van der Waals surface area contributed by atoms with Crippen LogP contribution in [0.3, 0.4) is 0 Å². The molecule has 1 saturated heterocycles. The van der Waals surface area contributed by atoms with Gasteiger partial charge in [0, 0.05) is 24.3 Å². The maximum Gasteiger partial charge on any atom is 0.335 e. The zero-order chi connectivity index (χ0) is 18.8. The van der Waals surface area contributed by atoms with Crippen molar-refractivity contribution >= 4 is 51.2 Å². The summed E-state index contributed by atoms with van der Waals surface area (Å²) in [6, 6.07) is 13.3. The van der Waals surface area contributed by atoms with Gasteiger partial charge in [-0.1, -0.05) is 28.1 Å². The zero-order valence-corrected chi connectivity index (χ0v) is 15.8. The molecular formula is C19H16BrN3O3. The summed E-state index contributed by atoms with van der Waals surface area (Å²) in [4.78, 5) is 40.0. The maximum absolute atomic E-state index is 12.8. The molecule has 1 fully saturated rings. The molecule has 2 aromatic rings. The first-order valence-electron chi connectivity index (χ1n) is 7.81. The predicted octanol–water partition coefficient (Wildman–Crippen LogP) is 3.18. The summed E-state index contributed by atoms with van der Waals surface area (Å²) >= 11 is 3.31.